The molecule has 1 saturated carbocycles. The molecule has 1 aliphatic rings. The first kappa shape index (κ1) is 17.6. The van der Waals surface area contributed by atoms with Crippen LogP contribution in [-0.2, 0) is 14.3 Å². The van der Waals surface area contributed by atoms with E-state index < -0.39 is 20.7 Å². The second kappa shape index (κ2) is 6.77. The minimum Gasteiger partial charge on any atom is -0.439 e. The number of carbonyl (C=O) groups is 2. The molecule has 1 aromatic carbocycles. The number of nitrogens with one attached hydrogen (secondary N) is 1. The maximum absolute atomic E-state index is 12.7. The molecule has 0 radical (unpaired) electrons. The van der Waals surface area contributed by atoms with Gasteiger partial charge < -0.3 is 10.1 Å². The third-order valence-electron chi connectivity index (χ3n) is 3.61. The molecule has 0 spiro atoms. The van der Waals surface area contributed by atoms with Crippen LogP contribution in [0.25, 0.3) is 0 Å². The van der Waals surface area contributed by atoms with Crippen LogP contribution in [0.2, 0.25) is 0 Å². The van der Waals surface area contributed by atoms with Crippen molar-refractivity contribution in [3.8, 4) is 0 Å². The van der Waals surface area contributed by atoms with E-state index >= 15 is 0 Å². The number of para-hydroxylation sites is 1. The number of ether oxygens (including phenoxy) is 1. The van der Waals surface area contributed by atoms with Crippen LogP contribution in [-0.4, -0.2) is 26.6 Å². The first-order chi connectivity index (χ1) is 10.3. The van der Waals surface area contributed by atoms with E-state index in [-0.39, 0.29) is 5.91 Å². The van der Waals surface area contributed by atoms with E-state index in [1.54, 1.807) is 12.1 Å². The van der Waals surface area contributed by atoms with Crippen LogP contribution in [0, 0.1) is 0 Å². The summed E-state index contributed by atoms with van der Waals surface area (Å²) in [7, 11) is 0. The zero-order valence-corrected chi connectivity index (χ0v) is 15.0. The highest BCUT2D eigenvalue weighted by Crippen LogP contribution is 2.51. The quantitative estimate of drug-likeness (QED) is 0.606. The largest absolute Gasteiger partial charge is 0.439 e. The Balaban J connectivity index is 2.30. The van der Waals surface area contributed by atoms with Gasteiger partial charge in [-0.05, 0) is 31.4 Å². The van der Waals surface area contributed by atoms with Crippen molar-refractivity contribution < 1.29 is 14.3 Å². The molecule has 2 rings (SSSR count). The number of benzene rings is 1. The lowest BCUT2D eigenvalue weighted by Crippen LogP contribution is -2.62. The first-order valence-corrected chi connectivity index (χ1v) is 8.48. The van der Waals surface area contributed by atoms with Gasteiger partial charge in [-0.3, -0.25) is 9.59 Å². The van der Waals surface area contributed by atoms with E-state index in [0.717, 1.165) is 0 Å². The van der Waals surface area contributed by atoms with Crippen molar-refractivity contribution in [2.75, 3.05) is 5.32 Å². The normalized spacial score (nSPS) is 31.4. The Hall–Kier alpha value is -0.780. The number of hydrogen-bond acceptors (Lipinski definition) is 3. The van der Waals surface area contributed by atoms with Crippen molar-refractivity contribution in [1.29, 1.82) is 0 Å². The van der Waals surface area contributed by atoms with E-state index in [2.05, 4.69) is 21.2 Å². The fourth-order valence-electron chi connectivity index (χ4n) is 2.50. The number of hydrogen-bond donors (Lipinski definition) is 1. The third-order valence-corrected chi connectivity index (χ3v) is 6.48. The predicted octanol–water partition coefficient (Wildman–Crippen LogP) is 4.05. The minimum absolute atomic E-state index is 0.389. The van der Waals surface area contributed by atoms with Crippen LogP contribution in [0.3, 0.4) is 0 Å². The smallest absolute Gasteiger partial charge is 0.304 e. The van der Waals surface area contributed by atoms with Gasteiger partial charge in [0, 0.05) is 12.6 Å². The van der Waals surface area contributed by atoms with Gasteiger partial charge in [0.15, 0.2) is 4.32 Å². The van der Waals surface area contributed by atoms with Crippen molar-refractivity contribution in [2.45, 2.75) is 40.9 Å². The second-order valence-electron chi connectivity index (χ2n) is 5.22. The van der Waals surface area contributed by atoms with Gasteiger partial charge in [0.25, 0.3) is 0 Å². The summed E-state index contributed by atoms with van der Waals surface area (Å²) in [5.74, 6) is -0.973. The number of carbonyl (C=O) groups excluding carboxylic acids is 2. The fraction of sp³-hybridized carbons (Fsp3) is 0.467. The molecule has 0 saturated heterocycles. The summed E-state index contributed by atoms with van der Waals surface area (Å²) < 4.78 is 3.95. The van der Waals surface area contributed by atoms with E-state index in [1.165, 1.54) is 6.92 Å². The van der Waals surface area contributed by atoms with Crippen molar-refractivity contribution in [3.63, 3.8) is 0 Å². The van der Waals surface area contributed by atoms with Gasteiger partial charge in [0.1, 0.15) is 0 Å². The summed E-state index contributed by atoms with van der Waals surface area (Å²) in [6.07, 6.45) is 1.66. The number of alkyl halides is 3. The summed E-state index contributed by atoms with van der Waals surface area (Å²) in [5, 5.41) is 0.466. The summed E-state index contributed by atoms with van der Waals surface area (Å²) in [6.45, 7) is 1.24. The Morgan fingerprint density at radius 2 is 2.00 bits per heavy atom. The molecule has 1 N–H and O–H groups in total. The average Bonchev–Trinajstić information content (AvgIpc) is 2.45. The fourth-order valence-corrected chi connectivity index (χ4v) is 4.15. The number of rotatable bonds is 3. The third kappa shape index (κ3) is 3.26. The molecule has 120 valence electrons. The predicted molar refractivity (Wildman–Crippen MR) is 90.6 cm³/mol. The van der Waals surface area contributed by atoms with Crippen molar-refractivity contribution >= 4 is 56.7 Å². The van der Waals surface area contributed by atoms with Crippen LogP contribution in [0.1, 0.15) is 26.2 Å². The van der Waals surface area contributed by atoms with Crippen LogP contribution in [0.5, 0.6) is 0 Å². The second-order valence-corrected chi connectivity index (χ2v) is 7.66. The number of halogens is 3. The molecule has 22 heavy (non-hydrogen) atoms. The Morgan fingerprint density at radius 1 is 1.36 bits per heavy atom. The maximum atomic E-state index is 12.7. The van der Waals surface area contributed by atoms with Crippen molar-refractivity contribution in [3.05, 3.63) is 30.3 Å². The summed E-state index contributed by atoms with van der Waals surface area (Å²) >= 11 is 16.2. The topological polar surface area (TPSA) is 55.4 Å². The lowest BCUT2D eigenvalue weighted by atomic mass is 9.84. The first-order valence-electron chi connectivity index (χ1n) is 6.87. The van der Waals surface area contributed by atoms with Gasteiger partial charge in [-0.2, -0.15) is 0 Å². The lowest BCUT2D eigenvalue weighted by molar-refractivity contribution is -0.154. The van der Waals surface area contributed by atoms with Crippen LogP contribution < -0.4 is 5.32 Å². The molecule has 0 aromatic heterocycles. The molecule has 1 aromatic rings. The molecule has 7 heteroatoms. The van der Waals surface area contributed by atoms with Gasteiger partial charge >= 0.3 is 5.97 Å². The van der Waals surface area contributed by atoms with Gasteiger partial charge in [-0.15, -0.1) is 11.6 Å². The molecule has 3 atom stereocenters. The molecule has 0 bridgehead atoms. The highest BCUT2D eigenvalue weighted by Gasteiger charge is 2.62. The SMILES string of the molecule is CC(=O)OC1(Cl)C(Cl)CCCC1(Br)C(=O)Nc1ccccc1. The van der Waals surface area contributed by atoms with Crippen LogP contribution in [0.15, 0.2) is 30.3 Å². The Labute approximate surface area is 147 Å². The standard InChI is InChI=1S/C15H16BrCl2NO3/c1-10(20)22-15(18)12(17)8-5-9-14(15,16)13(21)19-11-6-3-2-4-7-11/h2-4,6-7,12H,5,8-9H2,1H3,(H,19,21). The summed E-state index contributed by atoms with van der Waals surface area (Å²) in [4.78, 5) is 24.2. The zero-order valence-electron chi connectivity index (χ0n) is 11.9. The molecule has 0 aliphatic heterocycles. The van der Waals surface area contributed by atoms with E-state index in [9.17, 15) is 9.59 Å². The van der Waals surface area contributed by atoms with E-state index in [4.69, 9.17) is 27.9 Å². The monoisotopic (exact) mass is 407 g/mol. The Bertz CT molecular complexity index is 571. The van der Waals surface area contributed by atoms with Crippen molar-refractivity contribution in [2.24, 2.45) is 0 Å². The summed E-state index contributed by atoms with van der Waals surface area (Å²) in [6, 6.07) is 8.98. The molecular weight excluding hydrogens is 393 g/mol. The number of esters is 1. The lowest BCUT2D eigenvalue weighted by Gasteiger charge is -2.46. The summed E-state index contributed by atoms with van der Waals surface area (Å²) in [5.41, 5.74) is 0.630. The maximum Gasteiger partial charge on any atom is 0.304 e. The Kier molecular flexibility index (Phi) is 5.41. The van der Waals surface area contributed by atoms with Gasteiger partial charge in [-0.1, -0.05) is 45.7 Å². The molecule has 1 amide bonds. The van der Waals surface area contributed by atoms with Gasteiger partial charge in [0.2, 0.25) is 11.0 Å². The molecular formula is C15H16BrCl2NO3. The molecule has 0 heterocycles. The van der Waals surface area contributed by atoms with Gasteiger partial charge in [-0.25, -0.2) is 0 Å². The highest BCUT2D eigenvalue weighted by atomic mass is 79.9. The molecule has 1 fully saturated rings. The minimum atomic E-state index is -1.64. The number of anilines is 1. The average molecular weight is 409 g/mol. The molecule has 3 unspecified atom stereocenters. The van der Waals surface area contributed by atoms with Crippen LogP contribution in [0.4, 0.5) is 5.69 Å². The number of amides is 1. The van der Waals surface area contributed by atoms with Crippen LogP contribution >= 0.6 is 39.1 Å². The van der Waals surface area contributed by atoms with Crippen molar-refractivity contribution in [1.82, 2.24) is 0 Å². The Morgan fingerprint density at radius 3 is 2.59 bits per heavy atom. The van der Waals surface area contributed by atoms with E-state index in [1.807, 2.05) is 18.2 Å². The molecule has 1 aliphatic carbocycles. The van der Waals surface area contributed by atoms with Gasteiger partial charge in [0.05, 0.1) is 5.38 Å². The highest BCUT2D eigenvalue weighted by molar-refractivity contribution is 9.10. The molecule has 4 nitrogen and oxygen atoms in total. The zero-order chi connectivity index (χ0) is 16.4. The van der Waals surface area contributed by atoms with E-state index in [0.29, 0.717) is 24.9 Å².